The molecule has 1 aliphatic heterocycles. The highest BCUT2D eigenvalue weighted by atomic mass is 35.5. The van der Waals surface area contributed by atoms with Crippen molar-refractivity contribution < 1.29 is 14.4 Å². The molecule has 4 rings (SSSR count). The predicted octanol–water partition coefficient (Wildman–Crippen LogP) is 3.88. The van der Waals surface area contributed by atoms with Crippen LogP contribution in [0.3, 0.4) is 0 Å². The number of thioether (sulfide) groups is 1. The number of carbonyl (C=O) groups excluding carboxylic acids is 3. The van der Waals surface area contributed by atoms with Gasteiger partial charge < -0.3 is 5.73 Å². The van der Waals surface area contributed by atoms with E-state index in [2.05, 4.69) is 5.10 Å². The molecule has 2 heterocycles. The fourth-order valence-electron chi connectivity index (χ4n) is 3.51. The molecule has 0 bridgehead atoms. The molecule has 0 radical (unpaired) electrons. The zero-order valence-corrected chi connectivity index (χ0v) is 18.5. The van der Waals surface area contributed by atoms with Crippen molar-refractivity contribution in [2.24, 2.45) is 5.73 Å². The summed E-state index contributed by atoms with van der Waals surface area (Å²) in [5.74, 6) is -1.25. The Morgan fingerprint density at radius 2 is 1.97 bits per heavy atom. The third kappa shape index (κ3) is 4.22. The number of amides is 3. The molecule has 0 saturated carbocycles. The molecule has 1 fully saturated rings. The highest BCUT2D eigenvalue weighted by molar-refractivity contribution is 8.18. The summed E-state index contributed by atoms with van der Waals surface area (Å²) in [6.45, 7) is 4.14. The molecular weight excluding hydrogens is 436 g/mol. The third-order valence-electron chi connectivity index (χ3n) is 5.07. The van der Waals surface area contributed by atoms with Gasteiger partial charge in [0.1, 0.15) is 6.54 Å². The summed E-state index contributed by atoms with van der Waals surface area (Å²) in [6.07, 6.45) is 1.64. The van der Waals surface area contributed by atoms with Crippen molar-refractivity contribution in [1.29, 1.82) is 0 Å². The Kier molecular flexibility index (Phi) is 5.60. The number of primary amides is 1. The van der Waals surface area contributed by atoms with Gasteiger partial charge in [-0.3, -0.25) is 24.0 Å². The predicted molar refractivity (Wildman–Crippen MR) is 122 cm³/mol. The Labute approximate surface area is 187 Å². The van der Waals surface area contributed by atoms with Crippen LogP contribution in [0, 0.1) is 13.8 Å². The molecule has 0 atom stereocenters. The molecule has 2 aromatic carbocycles. The molecule has 0 aliphatic carbocycles. The number of benzene rings is 2. The smallest absolute Gasteiger partial charge is 0.294 e. The van der Waals surface area contributed by atoms with Crippen LogP contribution in [0.25, 0.3) is 17.0 Å². The van der Waals surface area contributed by atoms with Crippen LogP contribution in [0.4, 0.5) is 4.79 Å². The SMILES string of the molecule is Cc1cc(Cl)ccc1Cn1nc(C)c2cc(C=C3SC(=O)N(CC(N)=O)C3=O)ccc21. The number of aromatic nitrogens is 2. The number of hydrogen-bond donors (Lipinski definition) is 1. The Bertz CT molecular complexity index is 1280. The standard InChI is InChI=1S/C22H19ClN4O3S/c1-12-7-16(23)5-4-15(12)10-27-18-6-3-14(8-17(18)13(2)25-27)9-19-21(29)26(11-20(24)28)22(30)31-19/h3-9H,10-11H2,1-2H3,(H2,24,28). The number of hydrogen-bond acceptors (Lipinski definition) is 5. The minimum Gasteiger partial charge on any atom is -0.368 e. The molecule has 7 nitrogen and oxygen atoms in total. The van der Waals surface area contributed by atoms with Crippen LogP contribution in [-0.2, 0) is 16.1 Å². The molecule has 9 heteroatoms. The zero-order valence-electron chi connectivity index (χ0n) is 16.9. The van der Waals surface area contributed by atoms with Gasteiger partial charge in [0, 0.05) is 10.4 Å². The van der Waals surface area contributed by atoms with E-state index in [9.17, 15) is 14.4 Å². The van der Waals surface area contributed by atoms with Gasteiger partial charge in [-0.25, -0.2) is 0 Å². The Balaban J connectivity index is 1.64. The lowest BCUT2D eigenvalue weighted by Gasteiger charge is -2.08. The summed E-state index contributed by atoms with van der Waals surface area (Å²) in [4.78, 5) is 36.7. The normalized spacial score (nSPS) is 15.5. The fourth-order valence-corrected chi connectivity index (χ4v) is 4.57. The molecule has 3 amide bonds. The first-order valence-electron chi connectivity index (χ1n) is 9.49. The number of aryl methyl sites for hydroxylation is 2. The Morgan fingerprint density at radius 1 is 1.19 bits per heavy atom. The van der Waals surface area contributed by atoms with E-state index in [0.29, 0.717) is 11.6 Å². The maximum atomic E-state index is 12.4. The molecular formula is C22H19ClN4O3S. The Morgan fingerprint density at radius 3 is 2.68 bits per heavy atom. The van der Waals surface area contributed by atoms with E-state index in [1.807, 2.05) is 54.9 Å². The summed E-state index contributed by atoms with van der Waals surface area (Å²) >= 11 is 6.86. The number of carbonyl (C=O) groups is 3. The minimum atomic E-state index is -0.732. The van der Waals surface area contributed by atoms with Gasteiger partial charge in [0.15, 0.2) is 0 Å². The minimum absolute atomic E-state index is 0.257. The summed E-state index contributed by atoms with van der Waals surface area (Å²) in [5.41, 5.74) is 9.93. The number of rotatable bonds is 5. The molecule has 31 heavy (non-hydrogen) atoms. The summed E-state index contributed by atoms with van der Waals surface area (Å²) in [7, 11) is 0. The number of imide groups is 1. The fraction of sp³-hybridized carbons (Fsp3) is 0.182. The van der Waals surface area contributed by atoms with Crippen LogP contribution in [-0.4, -0.2) is 38.3 Å². The van der Waals surface area contributed by atoms with E-state index < -0.39 is 23.6 Å². The maximum absolute atomic E-state index is 12.4. The second kappa shape index (κ2) is 8.20. The van der Waals surface area contributed by atoms with E-state index in [0.717, 1.165) is 49.9 Å². The molecule has 0 unspecified atom stereocenters. The second-order valence-electron chi connectivity index (χ2n) is 7.32. The van der Waals surface area contributed by atoms with Crippen molar-refractivity contribution >= 4 is 57.4 Å². The van der Waals surface area contributed by atoms with Gasteiger partial charge in [-0.15, -0.1) is 0 Å². The van der Waals surface area contributed by atoms with Crippen molar-refractivity contribution in [2.75, 3.05) is 6.54 Å². The van der Waals surface area contributed by atoms with Crippen molar-refractivity contribution in [3.8, 4) is 0 Å². The van der Waals surface area contributed by atoms with Crippen LogP contribution in [0.15, 0.2) is 41.3 Å². The average Bonchev–Trinajstić information content (AvgIpc) is 3.14. The molecule has 1 aromatic heterocycles. The molecule has 3 aromatic rings. The largest absolute Gasteiger partial charge is 0.368 e. The van der Waals surface area contributed by atoms with Crippen molar-refractivity contribution in [1.82, 2.24) is 14.7 Å². The maximum Gasteiger partial charge on any atom is 0.294 e. The number of nitrogens with two attached hydrogens (primary N) is 1. The summed E-state index contributed by atoms with van der Waals surface area (Å²) in [6, 6.07) is 11.5. The monoisotopic (exact) mass is 454 g/mol. The van der Waals surface area contributed by atoms with E-state index in [4.69, 9.17) is 17.3 Å². The number of nitrogens with zero attached hydrogens (tertiary/aromatic N) is 3. The molecule has 2 N–H and O–H groups in total. The van der Waals surface area contributed by atoms with Crippen molar-refractivity contribution in [3.05, 3.63) is 68.7 Å². The first kappa shape index (κ1) is 21.1. The van der Waals surface area contributed by atoms with Crippen LogP contribution in [0.2, 0.25) is 5.02 Å². The molecule has 0 spiro atoms. The first-order chi connectivity index (χ1) is 14.7. The lowest BCUT2D eigenvalue weighted by molar-refractivity contribution is -0.127. The topological polar surface area (TPSA) is 98.3 Å². The first-order valence-corrected chi connectivity index (χ1v) is 10.7. The number of halogens is 1. The van der Waals surface area contributed by atoms with Crippen molar-refractivity contribution in [3.63, 3.8) is 0 Å². The van der Waals surface area contributed by atoms with E-state index >= 15 is 0 Å². The lowest BCUT2D eigenvalue weighted by Crippen LogP contribution is -2.36. The van der Waals surface area contributed by atoms with Crippen LogP contribution in [0.5, 0.6) is 0 Å². The highest BCUT2D eigenvalue weighted by Crippen LogP contribution is 2.32. The van der Waals surface area contributed by atoms with Gasteiger partial charge in [0.25, 0.3) is 11.1 Å². The van der Waals surface area contributed by atoms with Gasteiger partial charge in [0.2, 0.25) is 5.91 Å². The van der Waals surface area contributed by atoms with E-state index in [1.165, 1.54) is 0 Å². The van der Waals surface area contributed by atoms with Crippen molar-refractivity contribution in [2.45, 2.75) is 20.4 Å². The van der Waals surface area contributed by atoms with Gasteiger partial charge in [-0.1, -0.05) is 23.7 Å². The zero-order chi connectivity index (χ0) is 22.3. The molecule has 1 aliphatic rings. The van der Waals surface area contributed by atoms with Gasteiger partial charge in [-0.05, 0) is 72.6 Å². The van der Waals surface area contributed by atoms with Crippen LogP contribution >= 0.6 is 23.4 Å². The molecule has 158 valence electrons. The van der Waals surface area contributed by atoms with E-state index in [1.54, 1.807) is 6.08 Å². The van der Waals surface area contributed by atoms with Gasteiger partial charge in [-0.2, -0.15) is 5.10 Å². The Hall–Kier alpha value is -3.10. The summed E-state index contributed by atoms with van der Waals surface area (Å²) < 4.78 is 1.94. The lowest BCUT2D eigenvalue weighted by atomic mass is 10.1. The van der Waals surface area contributed by atoms with Gasteiger partial charge >= 0.3 is 0 Å². The third-order valence-corrected chi connectivity index (χ3v) is 6.21. The van der Waals surface area contributed by atoms with E-state index in [-0.39, 0.29) is 4.91 Å². The highest BCUT2D eigenvalue weighted by Gasteiger charge is 2.35. The molecule has 1 saturated heterocycles. The summed E-state index contributed by atoms with van der Waals surface area (Å²) in [5, 5.41) is 5.83. The number of fused-ring (bicyclic) bond motifs is 1. The average molecular weight is 455 g/mol. The van der Waals surface area contributed by atoms with Crippen LogP contribution in [0.1, 0.15) is 22.4 Å². The quantitative estimate of drug-likeness (QED) is 0.590. The van der Waals surface area contributed by atoms with Gasteiger partial charge in [0.05, 0.1) is 22.7 Å². The second-order valence-corrected chi connectivity index (χ2v) is 8.75. The van der Waals surface area contributed by atoms with Crippen LogP contribution < -0.4 is 5.73 Å².